The third-order valence-electron chi connectivity index (χ3n) is 5.64. The molecule has 0 aliphatic heterocycles. The zero-order chi connectivity index (χ0) is 22.8. The number of anilines is 1. The molecule has 1 aliphatic carbocycles. The van der Waals surface area contributed by atoms with E-state index in [0.717, 1.165) is 42.6 Å². The highest BCUT2D eigenvalue weighted by atomic mass is 16.5. The van der Waals surface area contributed by atoms with Crippen molar-refractivity contribution in [3.63, 3.8) is 0 Å². The summed E-state index contributed by atoms with van der Waals surface area (Å²) >= 11 is 0. The number of hydrogen-bond acceptors (Lipinski definition) is 5. The molecule has 1 amide bonds. The van der Waals surface area contributed by atoms with Crippen LogP contribution in [-0.4, -0.2) is 43.6 Å². The Labute approximate surface area is 188 Å². The highest BCUT2D eigenvalue weighted by molar-refractivity contribution is 5.91. The number of nitrogens with one attached hydrogen (secondary N) is 1. The zero-order valence-electron chi connectivity index (χ0n) is 18.4. The van der Waals surface area contributed by atoms with Gasteiger partial charge in [0.25, 0.3) is 0 Å². The molecule has 0 atom stereocenters. The smallest absolute Gasteiger partial charge is 0.411 e. The highest BCUT2D eigenvalue weighted by Gasteiger charge is 2.23. The first-order chi connectivity index (χ1) is 15.5. The second-order valence-corrected chi connectivity index (χ2v) is 8.02. The van der Waals surface area contributed by atoms with E-state index in [1.165, 1.54) is 0 Å². The van der Waals surface area contributed by atoms with E-state index in [1.54, 1.807) is 0 Å². The van der Waals surface area contributed by atoms with E-state index in [9.17, 15) is 9.59 Å². The fourth-order valence-corrected chi connectivity index (χ4v) is 3.96. The molecule has 0 unspecified atom stereocenters. The largest absolute Gasteiger partial charge is 0.494 e. The number of carboxylic acids is 1. The fourth-order valence-electron chi connectivity index (χ4n) is 3.96. The van der Waals surface area contributed by atoms with Crippen LogP contribution in [0.15, 0.2) is 48.5 Å². The number of para-hydroxylation sites is 1. The number of hydrogen-bond donors (Lipinski definition) is 2. The molecule has 0 bridgehead atoms. The Morgan fingerprint density at radius 1 is 0.969 bits per heavy atom. The minimum Gasteiger partial charge on any atom is -0.494 e. The molecule has 0 radical (unpaired) electrons. The molecule has 7 heteroatoms. The van der Waals surface area contributed by atoms with E-state index >= 15 is 0 Å². The van der Waals surface area contributed by atoms with Crippen molar-refractivity contribution in [1.82, 2.24) is 0 Å². The van der Waals surface area contributed by atoms with Crippen molar-refractivity contribution in [3.05, 3.63) is 48.5 Å². The summed E-state index contributed by atoms with van der Waals surface area (Å²) < 4.78 is 16.2. The van der Waals surface area contributed by atoms with E-state index < -0.39 is 12.1 Å². The number of carboxylic acid groups (broad SMARTS) is 1. The van der Waals surface area contributed by atoms with E-state index in [1.807, 2.05) is 55.5 Å². The van der Waals surface area contributed by atoms with Gasteiger partial charge in [-0.25, -0.2) is 9.59 Å². The summed E-state index contributed by atoms with van der Waals surface area (Å²) in [6.45, 7) is 3.16. The maximum absolute atomic E-state index is 12.4. The Morgan fingerprint density at radius 2 is 1.62 bits per heavy atom. The molecule has 1 saturated carbocycles. The Kier molecular flexibility index (Phi) is 8.92. The zero-order valence-corrected chi connectivity index (χ0v) is 18.4. The Balaban J connectivity index is 1.46. The predicted octanol–water partition coefficient (Wildman–Crippen LogP) is 5.21. The van der Waals surface area contributed by atoms with Crippen molar-refractivity contribution >= 4 is 17.7 Å². The van der Waals surface area contributed by atoms with E-state index in [2.05, 4.69) is 5.32 Å². The SMILES string of the molecule is CCOc1ccc(-c2ccccc2NC(=O)OC[C@H]2CC[C@H](COCC(=O)O)CC2)cc1. The molecule has 172 valence electrons. The molecule has 0 aromatic heterocycles. The van der Waals surface area contributed by atoms with Crippen LogP contribution in [0.2, 0.25) is 0 Å². The van der Waals surface area contributed by atoms with Gasteiger partial charge in [-0.15, -0.1) is 0 Å². The number of carbonyl (C=O) groups excluding carboxylic acids is 1. The lowest BCUT2D eigenvalue weighted by Crippen LogP contribution is -2.25. The van der Waals surface area contributed by atoms with Crippen LogP contribution in [0.3, 0.4) is 0 Å². The van der Waals surface area contributed by atoms with Gasteiger partial charge < -0.3 is 19.3 Å². The van der Waals surface area contributed by atoms with Gasteiger partial charge in [0.15, 0.2) is 0 Å². The van der Waals surface area contributed by atoms with Crippen molar-refractivity contribution in [3.8, 4) is 16.9 Å². The molecular formula is C25H31NO6. The maximum Gasteiger partial charge on any atom is 0.411 e. The van der Waals surface area contributed by atoms with Crippen LogP contribution < -0.4 is 10.1 Å². The minimum absolute atomic E-state index is 0.249. The molecule has 1 fully saturated rings. The standard InChI is InChI=1S/C25H31NO6/c1-2-31-21-13-11-20(12-14-21)22-5-3-4-6-23(22)26-25(29)32-16-19-9-7-18(8-10-19)15-30-17-24(27)28/h3-6,11-14,18-19H,2,7-10,15-17H2,1H3,(H,26,29)(H,27,28)/t18-,19-. The third kappa shape index (κ3) is 7.27. The summed E-state index contributed by atoms with van der Waals surface area (Å²) in [6.07, 6.45) is 3.33. The maximum atomic E-state index is 12.4. The van der Waals surface area contributed by atoms with Crippen LogP contribution in [0.25, 0.3) is 11.1 Å². The second kappa shape index (κ2) is 12.1. The predicted molar refractivity (Wildman–Crippen MR) is 122 cm³/mol. The lowest BCUT2D eigenvalue weighted by atomic mass is 9.83. The molecule has 32 heavy (non-hydrogen) atoms. The number of benzene rings is 2. The molecule has 2 aromatic carbocycles. The van der Waals surface area contributed by atoms with Gasteiger partial charge in [-0.05, 0) is 68.2 Å². The Hall–Kier alpha value is -3.06. The van der Waals surface area contributed by atoms with Crippen molar-refractivity contribution < 1.29 is 28.9 Å². The minimum atomic E-state index is -0.942. The van der Waals surface area contributed by atoms with E-state index in [-0.39, 0.29) is 6.61 Å². The fraction of sp³-hybridized carbons (Fsp3) is 0.440. The van der Waals surface area contributed by atoms with Crippen LogP contribution in [0.1, 0.15) is 32.6 Å². The molecule has 0 spiro atoms. The van der Waals surface area contributed by atoms with Gasteiger partial charge in [0, 0.05) is 5.56 Å². The van der Waals surface area contributed by atoms with Gasteiger partial charge in [0.2, 0.25) is 0 Å². The average molecular weight is 442 g/mol. The van der Waals surface area contributed by atoms with Crippen molar-refractivity contribution in [2.45, 2.75) is 32.6 Å². The Bertz CT molecular complexity index is 874. The van der Waals surface area contributed by atoms with Gasteiger partial charge in [-0.3, -0.25) is 5.32 Å². The van der Waals surface area contributed by atoms with Gasteiger partial charge >= 0.3 is 12.1 Å². The first-order valence-corrected chi connectivity index (χ1v) is 11.1. The Morgan fingerprint density at radius 3 is 2.28 bits per heavy atom. The highest BCUT2D eigenvalue weighted by Crippen LogP contribution is 2.31. The molecule has 2 aromatic rings. The third-order valence-corrected chi connectivity index (χ3v) is 5.64. The molecule has 7 nitrogen and oxygen atoms in total. The molecule has 0 saturated heterocycles. The number of amides is 1. The first-order valence-electron chi connectivity index (χ1n) is 11.1. The first kappa shape index (κ1) is 23.6. The van der Waals surface area contributed by atoms with Crippen molar-refractivity contribution in [2.24, 2.45) is 11.8 Å². The van der Waals surface area contributed by atoms with Crippen LogP contribution >= 0.6 is 0 Å². The summed E-state index contributed by atoms with van der Waals surface area (Å²) in [5.41, 5.74) is 2.59. The molecule has 1 aliphatic rings. The van der Waals surface area contributed by atoms with Crippen molar-refractivity contribution in [2.75, 3.05) is 31.7 Å². The summed E-state index contributed by atoms with van der Waals surface area (Å²) in [5.74, 6) is 0.560. The van der Waals surface area contributed by atoms with Crippen molar-refractivity contribution in [1.29, 1.82) is 0 Å². The van der Waals surface area contributed by atoms with Gasteiger partial charge in [-0.1, -0.05) is 30.3 Å². The van der Waals surface area contributed by atoms with Gasteiger partial charge in [-0.2, -0.15) is 0 Å². The van der Waals surface area contributed by atoms with E-state index in [0.29, 0.717) is 37.3 Å². The number of aliphatic carboxylic acids is 1. The molecule has 2 N–H and O–H groups in total. The van der Waals surface area contributed by atoms with Crippen LogP contribution in [0.5, 0.6) is 5.75 Å². The van der Waals surface area contributed by atoms with Gasteiger partial charge in [0.1, 0.15) is 12.4 Å². The quantitative estimate of drug-likeness (QED) is 0.526. The lowest BCUT2D eigenvalue weighted by molar-refractivity contribution is -0.142. The number of rotatable bonds is 10. The number of ether oxygens (including phenoxy) is 3. The van der Waals surface area contributed by atoms with Crippen LogP contribution in [0.4, 0.5) is 10.5 Å². The summed E-state index contributed by atoms with van der Waals surface area (Å²) in [7, 11) is 0. The van der Waals surface area contributed by atoms with Gasteiger partial charge in [0.05, 0.1) is 25.5 Å². The normalized spacial score (nSPS) is 18.0. The number of carbonyl (C=O) groups is 2. The summed E-state index contributed by atoms with van der Waals surface area (Å²) in [4.78, 5) is 22.9. The summed E-state index contributed by atoms with van der Waals surface area (Å²) in [5, 5.41) is 11.5. The average Bonchev–Trinajstić information content (AvgIpc) is 2.79. The molecule has 0 heterocycles. The summed E-state index contributed by atoms with van der Waals surface area (Å²) in [6, 6.07) is 15.4. The van der Waals surface area contributed by atoms with E-state index in [4.69, 9.17) is 19.3 Å². The monoisotopic (exact) mass is 441 g/mol. The molecular weight excluding hydrogens is 410 g/mol. The van der Waals surface area contributed by atoms with Crippen LogP contribution in [-0.2, 0) is 14.3 Å². The molecule has 3 rings (SSSR count). The topological polar surface area (TPSA) is 94.1 Å². The lowest BCUT2D eigenvalue weighted by Gasteiger charge is -2.27. The van der Waals surface area contributed by atoms with Crippen LogP contribution in [0, 0.1) is 11.8 Å². The second-order valence-electron chi connectivity index (χ2n) is 8.02.